The van der Waals surface area contributed by atoms with Crippen LogP contribution in [-0.4, -0.2) is 106 Å². The molecule has 0 amide bonds. The van der Waals surface area contributed by atoms with Crippen molar-refractivity contribution in [3.8, 4) is 0 Å². The van der Waals surface area contributed by atoms with Gasteiger partial charge in [-0.05, 0) is 67.1 Å². The molecule has 0 aliphatic carbocycles. The van der Waals surface area contributed by atoms with Crippen LogP contribution in [0.15, 0.2) is 11.6 Å². The van der Waals surface area contributed by atoms with Crippen LogP contribution in [-0.2, 0) is 33.3 Å². The molecule has 228 valence electrons. The molecule has 11 heteroatoms. The molecule has 0 aromatic rings. The lowest BCUT2D eigenvalue weighted by Gasteiger charge is -2.47. The largest absolute Gasteiger partial charge is 0.478 e. The molecule has 40 heavy (non-hydrogen) atoms. The number of hydrogen-bond donors (Lipinski definition) is 3. The van der Waals surface area contributed by atoms with Crippen LogP contribution in [0.5, 0.6) is 0 Å². The zero-order valence-corrected chi connectivity index (χ0v) is 25.1. The maximum atomic E-state index is 13.3. The molecule has 3 fully saturated rings. The van der Waals surface area contributed by atoms with E-state index in [4.69, 9.17) is 23.7 Å². The summed E-state index contributed by atoms with van der Waals surface area (Å²) in [5, 5.41) is 33.0. The highest BCUT2D eigenvalue weighted by Crippen LogP contribution is 2.56. The molecule has 3 bridgehead atoms. The Morgan fingerprint density at radius 1 is 1.12 bits per heavy atom. The van der Waals surface area contributed by atoms with E-state index in [1.54, 1.807) is 27.7 Å². The number of rotatable bonds is 5. The summed E-state index contributed by atoms with van der Waals surface area (Å²) in [6.45, 7) is 12.4. The Morgan fingerprint density at radius 3 is 2.35 bits per heavy atom. The van der Waals surface area contributed by atoms with E-state index >= 15 is 0 Å². The number of carboxylic acid groups (broad SMARTS) is 1. The highest BCUT2D eigenvalue weighted by molar-refractivity contribution is 5.90. The van der Waals surface area contributed by atoms with E-state index < -0.39 is 77.4 Å². The molecule has 0 aromatic heterocycles. The second-order valence-electron chi connectivity index (χ2n) is 12.9. The summed E-state index contributed by atoms with van der Waals surface area (Å²) >= 11 is 0. The van der Waals surface area contributed by atoms with Crippen molar-refractivity contribution in [1.29, 1.82) is 0 Å². The van der Waals surface area contributed by atoms with Gasteiger partial charge in [0.1, 0.15) is 17.8 Å². The standard InChI is InChI=1S/C29H47NO10/c1-10-20-27(6)13-18(24(33)34)29(39-27)14(2)12-28(7,40-29)23(16(4)21(31)17(5)25(35)37-20)38-26-22(32)19(30(8)9)11-15(3)36-26/h13-17,19-23,26,31-32H,10-12H2,1-9H3,(H,33,34)/t14-,15-,16+,17-,19+,20-,21+,22-,23-,26+,27?,28-,29?/m1/s1. The number of carbonyl (C=O) groups excluding carboxylic acids is 1. The number of nitrogens with zero attached hydrogens (tertiary/aromatic N) is 1. The summed E-state index contributed by atoms with van der Waals surface area (Å²) in [6, 6.07) is -0.233. The molecule has 13 atom stereocenters. The van der Waals surface area contributed by atoms with E-state index in [0.29, 0.717) is 19.3 Å². The topological polar surface area (TPSA) is 144 Å². The quantitative estimate of drug-likeness (QED) is 0.419. The Bertz CT molecular complexity index is 1020. The maximum absolute atomic E-state index is 13.3. The number of hydrogen-bond acceptors (Lipinski definition) is 10. The number of esters is 1. The molecule has 11 nitrogen and oxygen atoms in total. The van der Waals surface area contributed by atoms with E-state index in [-0.39, 0.29) is 17.7 Å². The lowest BCUT2D eigenvalue weighted by atomic mass is 9.78. The van der Waals surface area contributed by atoms with Crippen molar-refractivity contribution < 1.29 is 48.6 Å². The minimum atomic E-state index is -1.64. The van der Waals surface area contributed by atoms with Gasteiger partial charge in [-0.3, -0.25) is 4.79 Å². The lowest BCUT2D eigenvalue weighted by Crippen LogP contribution is -2.59. The minimum Gasteiger partial charge on any atom is -0.478 e. The third-order valence-electron chi connectivity index (χ3n) is 9.48. The molecule has 2 unspecified atom stereocenters. The number of carboxylic acids is 1. The molecule has 0 saturated carbocycles. The fraction of sp³-hybridized carbons (Fsp3) is 0.862. The molecule has 1 spiro atoms. The van der Waals surface area contributed by atoms with Gasteiger partial charge in [0.2, 0.25) is 5.79 Å². The third-order valence-corrected chi connectivity index (χ3v) is 9.48. The van der Waals surface area contributed by atoms with Gasteiger partial charge in [-0.15, -0.1) is 0 Å². The highest BCUT2D eigenvalue weighted by atomic mass is 16.8. The minimum absolute atomic E-state index is 0.0600. The van der Waals surface area contributed by atoms with E-state index in [1.165, 1.54) is 6.08 Å². The van der Waals surface area contributed by atoms with Crippen LogP contribution < -0.4 is 0 Å². The van der Waals surface area contributed by atoms with Crippen LogP contribution in [0.1, 0.15) is 67.7 Å². The van der Waals surface area contributed by atoms with E-state index in [0.717, 1.165) is 0 Å². The third kappa shape index (κ3) is 5.12. The van der Waals surface area contributed by atoms with E-state index in [2.05, 4.69) is 0 Å². The van der Waals surface area contributed by atoms with Gasteiger partial charge in [0.25, 0.3) is 0 Å². The Labute approximate surface area is 236 Å². The summed E-state index contributed by atoms with van der Waals surface area (Å²) < 4.78 is 31.7. The number of aliphatic hydroxyl groups excluding tert-OH is 2. The highest BCUT2D eigenvalue weighted by Gasteiger charge is 2.67. The smallest absolute Gasteiger partial charge is 0.336 e. The summed E-state index contributed by atoms with van der Waals surface area (Å²) in [6.07, 6.45) is -2.39. The molecular formula is C29H47NO10. The fourth-order valence-corrected chi connectivity index (χ4v) is 7.27. The summed E-state index contributed by atoms with van der Waals surface area (Å²) in [4.78, 5) is 27.8. The summed E-state index contributed by atoms with van der Waals surface area (Å²) in [5.74, 6) is -5.52. The monoisotopic (exact) mass is 569 g/mol. The van der Waals surface area contributed by atoms with Crippen molar-refractivity contribution in [2.45, 2.75) is 128 Å². The Morgan fingerprint density at radius 2 is 1.77 bits per heavy atom. The van der Waals surface area contributed by atoms with Gasteiger partial charge < -0.3 is 43.9 Å². The average molecular weight is 570 g/mol. The van der Waals surface area contributed by atoms with Crippen molar-refractivity contribution in [1.82, 2.24) is 4.90 Å². The first kappa shape index (κ1) is 31.3. The van der Waals surface area contributed by atoms with E-state index in [9.17, 15) is 24.9 Å². The number of ether oxygens (including phenoxy) is 5. The molecule has 3 N–H and O–H groups in total. The van der Waals surface area contributed by atoms with Crippen molar-refractivity contribution in [2.24, 2.45) is 17.8 Å². The average Bonchev–Trinajstić information content (AvgIpc) is 3.32. The molecule has 4 rings (SSSR count). The van der Waals surface area contributed by atoms with Gasteiger partial charge in [0.15, 0.2) is 6.29 Å². The van der Waals surface area contributed by atoms with Gasteiger partial charge in [0.05, 0.1) is 35.4 Å². The Hall–Kier alpha value is -1.60. The predicted molar refractivity (Wildman–Crippen MR) is 143 cm³/mol. The molecule has 3 saturated heterocycles. The second-order valence-corrected chi connectivity index (χ2v) is 12.9. The summed E-state index contributed by atoms with van der Waals surface area (Å²) in [7, 11) is 3.76. The van der Waals surface area contributed by atoms with Crippen LogP contribution in [0.4, 0.5) is 0 Å². The van der Waals surface area contributed by atoms with Crippen LogP contribution >= 0.6 is 0 Å². The first-order valence-corrected chi connectivity index (χ1v) is 14.4. The number of fused-ring (bicyclic) bond motifs is 2. The normalized spacial score (nSPS) is 49.7. The Kier molecular flexibility index (Phi) is 8.55. The van der Waals surface area contributed by atoms with Crippen LogP contribution in [0.2, 0.25) is 0 Å². The molecule has 4 heterocycles. The van der Waals surface area contributed by atoms with Gasteiger partial charge in [-0.25, -0.2) is 4.79 Å². The number of cyclic esters (lactones) is 1. The van der Waals surface area contributed by atoms with E-state index in [1.807, 2.05) is 39.8 Å². The lowest BCUT2D eigenvalue weighted by molar-refractivity contribution is -0.327. The van der Waals surface area contributed by atoms with Gasteiger partial charge in [-0.1, -0.05) is 20.8 Å². The number of carbonyl (C=O) groups is 2. The van der Waals surface area contributed by atoms with Crippen molar-refractivity contribution in [3.05, 3.63) is 11.6 Å². The van der Waals surface area contributed by atoms with Crippen molar-refractivity contribution >= 4 is 11.9 Å². The molecule has 0 radical (unpaired) electrons. The number of aliphatic carboxylic acids is 1. The second kappa shape index (κ2) is 10.9. The first-order chi connectivity index (χ1) is 18.5. The zero-order chi connectivity index (χ0) is 29.9. The van der Waals surface area contributed by atoms with Crippen LogP contribution in [0.25, 0.3) is 0 Å². The van der Waals surface area contributed by atoms with Crippen molar-refractivity contribution in [3.63, 3.8) is 0 Å². The van der Waals surface area contributed by atoms with Crippen LogP contribution in [0, 0.1) is 17.8 Å². The SMILES string of the molecule is CC[C@H]1OC(=O)[C@H](C)[C@@H](O)[C@H](C)[C@@H](O[C@@H]2O[C@H](C)C[C@H](N(C)C)[C@H]2O)[C@@]2(C)C[C@@H](C)C3(OC1(C)C=C3C(=O)O)O2. The molecule has 4 aliphatic rings. The molecule has 4 aliphatic heterocycles. The molecule has 0 aromatic carbocycles. The van der Waals surface area contributed by atoms with Gasteiger partial charge >= 0.3 is 11.9 Å². The zero-order valence-electron chi connectivity index (χ0n) is 25.1. The Balaban J connectivity index is 1.82. The predicted octanol–water partition coefficient (Wildman–Crippen LogP) is 2.08. The van der Waals surface area contributed by atoms with Crippen molar-refractivity contribution in [2.75, 3.05) is 14.1 Å². The molecular weight excluding hydrogens is 522 g/mol. The summed E-state index contributed by atoms with van der Waals surface area (Å²) in [5.41, 5.74) is -2.52. The van der Waals surface area contributed by atoms with Gasteiger partial charge in [0, 0.05) is 17.9 Å². The van der Waals surface area contributed by atoms with Gasteiger partial charge in [-0.2, -0.15) is 0 Å². The number of likely N-dealkylation sites (N-methyl/N-ethyl adjacent to an activating group) is 1. The fourth-order valence-electron chi connectivity index (χ4n) is 7.27. The maximum Gasteiger partial charge on any atom is 0.336 e. The first-order valence-electron chi connectivity index (χ1n) is 14.4. The van der Waals surface area contributed by atoms with Crippen LogP contribution in [0.3, 0.4) is 0 Å². The number of aliphatic hydroxyl groups is 2.